The van der Waals surface area contributed by atoms with Gasteiger partial charge >= 0.3 is 154 Å². The van der Waals surface area contributed by atoms with E-state index in [-0.39, 0.29) is 20.8 Å². The average molecular weight is 431 g/mol. The minimum atomic E-state index is -1.17. The van der Waals surface area contributed by atoms with Gasteiger partial charge in [0.15, 0.2) is 0 Å². The molecule has 2 aromatic rings. The molecule has 0 unspecified atom stereocenters. The van der Waals surface area contributed by atoms with Gasteiger partial charge < -0.3 is 0 Å². The Kier molecular flexibility index (Phi) is 5.70. The molecule has 1 saturated heterocycles. The van der Waals surface area contributed by atoms with E-state index in [1.807, 2.05) is 0 Å². The number of aliphatic carboxylic acids is 1. The van der Waals surface area contributed by atoms with Crippen molar-refractivity contribution in [3.05, 3.63) is 12.7 Å². The molecule has 1 aliphatic heterocycles. The van der Waals surface area contributed by atoms with E-state index in [1.54, 1.807) is 0 Å². The Morgan fingerprint density at radius 2 is 2.19 bits per heavy atom. The van der Waals surface area contributed by atoms with Crippen LogP contribution in [0.15, 0.2) is 12.7 Å². The van der Waals surface area contributed by atoms with E-state index in [2.05, 4.69) is 20.7 Å². The normalized spacial score (nSPS) is 27.0. The molecular formula is C14H20N6O5Se. The second kappa shape index (κ2) is 7.82. The molecule has 7 N–H and O–H groups in total. The van der Waals surface area contributed by atoms with Crippen molar-refractivity contribution < 1.29 is 30.6 Å². The first kappa shape index (κ1) is 19.0. The summed E-state index contributed by atoms with van der Waals surface area (Å²) in [5, 5.41) is 32.5. The van der Waals surface area contributed by atoms with E-state index < -0.39 is 36.6 Å². The van der Waals surface area contributed by atoms with Crippen molar-refractivity contribution >= 4 is 37.9 Å². The Bertz CT molecular complexity index is 788. The van der Waals surface area contributed by atoms with Gasteiger partial charge in [-0.15, -0.1) is 0 Å². The van der Waals surface area contributed by atoms with Gasteiger partial charge in [-0.2, -0.15) is 0 Å². The van der Waals surface area contributed by atoms with Gasteiger partial charge in [0.05, 0.1) is 0 Å². The Labute approximate surface area is 154 Å². The van der Waals surface area contributed by atoms with Crippen molar-refractivity contribution in [2.75, 3.05) is 5.73 Å². The number of aromatic nitrogens is 4. The molecule has 1 aliphatic rings. The summed E-state index contributed by atoms with van der Waals surface area (Å²) in [7, 11) is 0. The molecule has 3 heterocycles. The molecule has 5 atom stereocenters. The number of fused-ring (bicyclic) bond motifs is 1. The van der Waals surface area contributed by atoms with E-state index in [0.29, 0.717) is 28.2 Å². The second-order valence-corrected chi connectivity index (χ2v) is 8.42. The first-order chi connectivity index (χ1) is 12.4. The fourth-order valence-corrected chi connectivity index (χ4v) is 5.06. The van der Waals surface area contributed by atoms with Crippen molar-refractivity contribution in [3.63, 3.8) is 0 Å². The molecule has 0 radical (unpaired) electrons. The summed E-state index contributed by atoms with van der Waals surface area (Å²) in [4.78, 5) is 22.8. The number of carbonyl (C=O) groups excluding carboxylic acids is 1. The number of rotatable bonds is 7. The first-order valence-electron chi connectivity index (χ1n) is 7.96. The topological polar surface area (TPSA) is 187 Å². The summed E-state index contributed by atoms with van der Waals surface area (Å²) >= 11 is 0.0370. The number of nitrogen functional groups attached to an aromatic ring is 1. The third-order valence-corrected chi connectivity index (χ3v) is 6.51. The van der Waals surface area contributed by atoms with E-state index in [4.69, 9.17) is 10.5 Å². The van der Waals surface area contributed by atoms with E-state index in [0.717, 1.165) is 0 Å². The summed E-state index contributed by atoms with van der Waals surface area (Å²) < 4.78 is 7.35. The third kappa shape index (κ3) is 3.65. The number of carboxylic acid groups (broad SMARTS) is 1. The van der Waals surface area contributed by atoms with E-state index in [1.165, 1.54) is 17.2 Å². The Hall–Kier alpha value is -1.82. The summed E-state index contributed by atoms with van der Waals surface area (Å²) in [6.45, 7) is 0. The Morgan fingerprint density at radius 3 is 2.92 bits per heavy atom. The number of ether oxygens (including phenoxy) is 1. The molecule has 2 aromatic heterocycles. The number of hydrogen-bond acceptors (Lipinski definition) is 9. The number of nitrogens with zero attached hydrogens (tertiary/aromatic N) is 4. The van der Waals surface area contributed by atoms with Crippen molar-refractivity contribution in [2.24, 2.45) is 0 Å². The van der Waals surface area contributed by atoms with E-state index in [9.17, 15) is 20.1 Å². The third-order valence-electron chi connectivity index (χ3n) is 4.22. The summed E-state index contributed by atoms with van der Waals surface area (Å²) in [6, 6.07) is -0.743. The van der Waals surface area contributed by atoms with Crippen LogP contribution in [-0.4, -0.2) is 75.0 Å². The van der Waals surface area contributed by atoms with Crippen LogP contribution in [0, 0.1) is 0 Å². The first-order valence-corrected chi connectivity index (χ1v) is 10.4. The zero-order valence-corrected chi connectivity index (χ0v) is 15.5. The van der Waals surface area contributed by atoms with Gasteiger partial charge in [-0.05, 0) is 0 Å². The van der Waals surface area contributed by atoms with Crippen molar-refractivity contribution in [1.29, 1.82) is 0 Å². The monoisotopic (exact) mass is 432 g/mol. The van der Waals surface area contributed by atoms with Gasteiger partial charge in [0, 0.05) is 0 Å². The fourth-order valence-electron chi connectivity index (χ4n) is 2.70. The van der Waals surface area contributed by atoms with E-state index >= 15 is 0 Å². The number of aliphatic hydroxyl groups excluding tert-OH is 2. The standard InChI is InChI=1S/C14H20N6O5Se/c15-6(14(23)24)1-2-26-3-7-9(21)10(22)13(25-7)20-5-19-8-11(16)17-4-18-12(8)20/h4-7,9-10,13,21-22H,1-3,15H2,(H,23,24)(H2,16,17,18)/t6-,7+,9+,10+,13+/m0/s1. The summed E-state index contributed by atoms with van der Waals surface area (Å²) in [6.07, 6.45) is -0.452. The SMILES string of the molecule is Nc1ncnc2c1ncn2[C@@H]1O[C@H](C[Se]CC[C@H]([NH3+])C(=O)[O-])[C@@H](O)[C@H]1O. The van der Waals surface area contributed by atoms with Crippen LogP contribution < -0.4 is 16.6 Å². The quantitative estimate of drug-likeness (QED) is 0.253. The van der Waals surface area contributed by atoms with Crippen LogP contribution >= 0.6 is 0 Å². The maximum absolute atomic E-state index is 10.7. The number of nitrogens with two attached hydrogens (primary N) is 1. The predicted molar refractivity (Wildman–Crippen MR) is 87.3 cm³/mol. The molecule has 0 aromatic carbocycles. The van der Waals surface area contributed by atoms with Crippen LogP contribution in [0.3, 0.4) is 0 Å². The van der Waals surface area contributed by atoms with Crippen molar-refractivity contribution in [3.8, 4) is 0 Å². The Morgan fingerprint density at radius 1 is 1.42 bits per heavy atom. The van der Waals surface area contributed by atoms with Gasteiger partial charge in [0.25, 0.3) is 0 Å². The molecule has 12 heteroatoms. The van der Waals surface area contributed by atoms with Gasteiger partial charge in [0.1, 0.15) is 0 Å². The molecule has 0 bridgehead atoms. The van der Waals surface area contributed by atoms with Crippen LogP contribution in [0.25, 0.3) is 11.2 Å². The number of aliphatic hydroxyl groups is 2. The van der Waals surface area contributed by atoms with Gasteiger partial charge in [0.2, 0.25) is 0 Å². The average Bonchev–Trinajstić information content (AvgIpc) is 3.15. The molecule has 142 valence electrons. The van der Waals surface area contributed by atoms with Crippen LogP contribution in [0.2, 0.25) is 10.6 Å². The molecule has 0 saturated carbocycles. The van der Waals surface area contributed by atoms with Crippen LogP contribution in [0.5, 0.6) is 0 Å². The molecular weight excluding hydrogens is 411 g/mol. The molecule has 26 heavy (non-hydrogen) atoms. The number of imidazole rings is 1. The second-order valence-electron chi connectivity index (χ2n) is 6.01. The van der Waals surface area contributed by atoms with Crippen LogP contribution in [-0.2, 0) is 9.53 Å². The number of carboxylic acids is 1. The predicted octanol–water partition coefficient (Wildman–Crippen LogP) is -3.68. The molecule has 0 spiro atoms. The molecule has 0 amide bonds. The molecule has 11 nitrogen and oxygen atoms in total. The van der Waals surface area contributed by atoms with Crippen LogP contribution in [0.4, 0.5) is 5.82 Å². The van der Waals surface area contributed by atoms with Crippen molar-refractivity contribution in [1.82, 2.24) is 19.5 Å². The van der Waals surface area contributed by atoms with Gasteiger partial charge in [-0.1, -0.05) is 0 Å². The van der Waals surface area contributed by atoms with Crippen LogP contribution in [0.1, 0.15) is 12.6 Å². The van der Waals surface area contributed by atoms with Crippen molar-refractivity contribution in [2.45, 2.75) is 47.6 Å². The summed E-state index contributed by atoms with van der Waals surface area (Å²) in [5.74, 6) is -0.945. The number of carbonyl (C=O) groups is 1. The minimum absolute atomic E-state index is 0.0370. The zero-order valence-electron chi connectivity index (χ0n) is 13.8. The Balaban J connectivity index is 1.64. The fraction of sp³-hybridized carbons (Fsp3) is 0.571. The molecule has 0 aliphatic carbocycles. The zero-order chi connectivity index (χ0) is 18.8. The molecule has 3 rings (SSSR count). The molecule has 1 fully saturated rings. The summed E-state index contributed by atoms with van der Waals surface area (Å²) in [5.41, 5.74) is 10.1. The number of anilines is 1. The van der Waals surface area contributed by atoms with Gasteiger partial charge in [-0.25, -0.2) is 0 Å². The number of quaternary nitrogens is 1. The number of hydrogen-bond donors (Lipinski definition) is 4. The maximum atomic E-state index is 10.7. The van der Waals surface area contributed by atoms with Gasteiger partial charge in [-0.3, -0.25) is 0 Å².